The van der Waals surface area contributed by atoms with Gasteiger partial charge in [-0.15, -0.1) is 0 Å². The van der Waals surface area contributed by atoms with E-state index in [2.05, 4.69) is 10.1 Å². The lowest BCUT2D eigenvalue weighted by molar-refractivity contribution is -0.392. The van der Waals surface area contributed by atoms with Crippen molar-refractivity contribution in [2.75, 3.05) is 0 Å². The third-order valence-corrected chi connectivity index (χ3v) is 3.81. The zero-order valence-electron chi connectivity index (χ0n) is 10.0. The molecule has 2 rings (SSSR count). The predicted molar refractivity (Wildman–Crippen MR) is 69.9 cm³/mol. The molecule has 2 heterocycles. The summed E-state index contributed by atoms with van der Waals surface area (Å²) in [4.78, 5) is 13.2. The molecule has 0 atom stereocenters. The molecule has 0 aliphatic carbocycles. The van der Waals surface area contributed by atoms with E-state index >= 15 is 0 Å². The average molecular weight is 317 g/mol. The maximum atomic E-state index is 11.2. The lowest BCUT2D eigenvalue weighted by atomic mass is 10.2. The van der Waals surface area contributed by atoms with Crippen molar-refractivity contribution < 1.29 is 13.3 Å². The van der Waals surface area contributed by atoms with Crippen LogP contribution in [0.25, 0.3) is 0 Å². The molecule has 2 aromatic rings. The normalized spacial score (nSPS) is 11.4. The number of aryl methyl sites for hydroxylation is 2. The van der Waals surface area contributed by atoms with Crippen LogP contribution in [0.1, 0.15) is 5.56 Å². The van der Waals surface area contributed by atoms with Gasteiger partial charge in [-0.25, -0.2) is 8.42 Å². The first-order valence-corrected chi connectivity index (χ1v) is 7.74. The van der Waals surface area contributed by atoms with Crippen LogP contribution in [0.15, 0.2) is 35.6 Å². The number of nitrogens with zero attached hydrogens (tertiary/aromatic N) is 4. The van der Waals surface area contributed by atoms with Gasteiger partial charge < -0.3 is 10.1 Å². The molecule has 0 aromatic carbocycles. The van der Waals surface area contributed by atoms with Crippen molar-refractivity contribution in [1.82, 2.24) is 14.8 Å². The Hall–Kier alpha value is -2.00. The summed E-state index contributed by atoms with van der Waals surface area (Å²) >= 11 is 0. The molecule has 0 radical (unpaired) electrons. The van der Waals surface area contributed by atoms with Gasteiger partial charge in [0.05, 0.1) is 17.8 Å². The number of aromatic nitrogens is 3. The topological polar surface area (TPSA) is 108 Å². The maximum Gasteiger partial charge on any atom is 0.410 e. The molecule has 0 unspecified atom stereocenters. The molecule has 20 heavy (non-hydrogen) atoms. The van der Waals surface area contributed by atoms with Crippen molar-refractivity contribution in [1.29, 1.82) is 0 Å². The van der Waals surface area contributed by atoms with E-state index in [1.165, 1.54) is 4.68 Å². The fraction of sp³-hybridized carbons (Fsp3) is 0.200. The van der Waals surface area contributed by atoms with E-state index in [1.54, 1.807) is 18.5 Å². The molecule has 10 heteroatoms. The molecule has 106 valence electrons. The standard InChI is InChI=1S/C10H9ClN4O4S/c11-20(18,19)9-7-14(13-10(9)15(16)17)5-3-8-2-1-4-12-6-8/h1-2,4,6-7H,3,5H2. The van der Waals surface area contributed by atoms with Crippen LogP contribution in [0, 0.1) is 10.1 Å². The van der Waals surface area contributed by atoms with Crippen LogP contribution in [0.2, 0.25) is 0 Å². The Kier molecular flexibility index (Phi) is 4.00. The Balaban J connectivity index is 2.24. The highest BCUT2D eigenvalue weighted by Gasteiger charge is 2.29. The Morgan fingerprint density at radius 1 is 1.45 bits per heavy atom. The number of rotatable bonds is 5. The minimum Gasteiger partial charge on any atom is -0.358 e. The van der Waals surface area contributed by atoms with Gasteiger partial charge in [-0.2, -0.15) is 4.68 Å². The molecule has 0 bridgehead atoms. The zero-order valence-corrected chi connectivity index (χ0v) is 11.6. The van der Waals surface area contributed by atoms with E-state index in [4.69, 9.17) is 10.7 Å². The highest BCUT2D eigenvalue weighted by atomic mass is 35.7. The largest absolute Gasteiger partial charge is 0.410 e. The third-order valence-electron chi connectivity index (χ3n) is 2.50. The monoisotopic (exact) mass is 316 g/mol. The number of hydrogen-bond donors (Lipinski definition) is 0. The van der Waals surface area contributed by atoms with E-state index in [9.17, 15) is 18.5 Å². The molecule has 2 aromatic heterocycles. The number of hydrogen-bond acceptors (Lipinski definition) is 6. The summed E-state index contributed by atoms with van der Waals surface area (Å²) in [5, 5.41) is 14.4. The Bertz CT molecular complexity index is 729. The van der Waals surface area contributed by atoms with Gasteiger partial charge in [0.25, 0.3) is 9.05 Å². The van der Waals surface area contributed by atoms with Crippen LogP contribution in [0.4, 0.5) is 5.82 Å². The van der Waals surface area contributed by atoms with Gasteiger partial charge in [0, 0.05) is 23.1 Å². The van der Waals surface area contributed by atoms with Crippen LogP contribution in [-0.2, 0) is 22.0 Å². The highest BCUT2D eigenvalue weighted by molar-refractivity contribution is 8.13. The number of nitro groups is 1. The molecule has 0 amide bonds. The summed E-state index contributed by atoms with van der Waals surface area (Å²) in [7, 11) is 0.937. The first-order chi connectivity index (χ1) is 9.38. The molecule has 8 nitrogen and oxygen atoms in total. The van der Waals surface area contributed by atoms with Crippen molar-refractivity contribution in [2.24, 2.45) is 0 Å². The van der Waals surface area contributed by atoms with Gasteiger partial charge in [0.2, 0.25) is 4.90 Å². The van der Waals surface area contributed by atoms with Crippen molar-refractivity contribution in [2.45, 2.75) is 17.9 Å². The van der Waals surface area contributed by atoms with Gasteiger partial charge in [-0.3, -0.25) is 4.98 Å². The van der Waals surface area contributed by atoms with Crippen molar-refractivity contribution >= 4 is 25.6 Å². The highest BCUT2D eigenvalue weighted by Crippen LogP contribution is 2.25. The molecule has 0 fully saturated rings. The fourth-order valence-electron chi connectivity index (χ4n) is 1.60. The minimum atomic E-state index is -4.21. The smallest absolute Gasteiger partial charge is 0.358 e. The molecule has 0 spiro atoms. The summed E-state index contributed by atoms with van der Waals surface area (Å²) in [6, 6.07) is 3.60. The van der Waals surface area contributed by atoms with E-state index in [0.717, 1.165) is 11.8 Å². The quantitative estimate of drug-likeness (QED) is 0.468. The second-order valence-corrected chi connectivity index (χ2v) is 6.42. The summed E-state index contributed by atoms with van der Waals surface area (Å²) < 4.78 is 23.7. The van der Waals surface area contributed by atoms with E-state index in [-0.39, 0.29) is 6.54 Å². The average Bonchev–Trinajstić information content (AvgIpc) is 2.82. The second-order valence-electron chi connectivity index (χ2n) is 3.89. The fourth-order valence-corrected chi connectivity index (χ4v) is 2.50. The first kappa shape index (κ1) is 14.4. The van der Waals surface area contributed by atoms with E-state index in [0.29, 0.717) is 6.42 Å². The summed E-state index contributed by atoms with van der Waals surface area (Å²) in [5.74, 6) is -0.772. The van der Waals surface area contributed by atoms with E-state index < -0.39 is 24.7 Å². The van der Waals surface area contributed by atoms with Crippen LogP contribution in [0.3, 0.4) is 0 Å². The molecule has 0 N–H and O–H groups in total. The van der Waals surface area contributed by atoms with Crippen molar-refractivity contribution in [3.05, 3.63) is 46.4 Å². The number of halogens is 1. The molecule has 0 saturated heterocycles. The summed E-state index contributed by atoms with van der Waals surface area (Å²) in [5.41, 5.74) is 0.904. The second kappa shape index (κ2) is 5.55. The first-order valence-electron chi connectivity index (χ1n) is 5.43. The SMILES string of the molecule is O=[N+]([O-])c1nn(CCc2cccnc2)cc1S(=O)(=O)Cl. The molecule has 0 aliphatic rings. The van der Waals surface area contributed by atoms with Crippen LogP contribution in [-0.4, -0.2) is 28.1 Å². The van der Waals surface area contributed by atoms with Crippen LogP contribution >= 0.6 is 10.7 Å². The molecule has 0 saturated carbocycles. The Morgan fingerprint density at radius 3 is 2.70 bits per heavy atom. The summed E-state index contributed by atoms with van der Waals surface area (Å²) in [6.07, 6.45) is 4.84. The maximum absolute atomic E-state index is 11.2. The third kappa shape index (κ3) is 3.31. The van der Waals surface area contributed by atoms with Gasteiger partial charge in [0.15, 0.2) is 0 Å². The van der Waals surface area contributed by atoms with E-state index in [1.807, 2.05) is 6.07 Å². The lowest BCUT2D eigenvalue weighted by Gasteiger charge is -1.97. The van der Waals surface area contributed by atoms with Gasteiger partial charge >= 0.3 is 5.82 Å². The van der Waals surface area contributed by atoms with Crippen LogP contribution < -0.4 is 0 Å². The van der Waals surface area contributed by atoms with Crippen molar-refractivity contribution in [3.63, 3.8) is 0 Å². The Morgan fingerprint density at radius 2 is 2.20 bits per heavy atom. The lowest BCUT2D eigenvalue weighted by Crippen LogP contribution is -2.02. The van der Waals surface area contributed by atoms with Crippen LogP contribution in [0.5, 0.6) is 0 Å². The minimum absolute atomic E-state index is 0.277. The van der Waals surface area contributed by atoms with Gasteiger partial charge in [-0.05, 0) is 23.0 Å². The molecule has 0 aliphatic heterocycles. The number of pyridine rings is 1. The Labute approximate surface area is 118 Å². The zero-order chi connectivity index (χ0) is 14.8. The summed E-state index contributed by atoms with van der Waals surface area (Å²) in [6.45, 7) is 0.277. The predicted octanol–water partition coefficient (Wildman–Crippen LogP) is 1.36. The van der Waals surface area contributed by atoms with Crippen molar-refractivity contribution in [3.8, 4) is 0 Å². The van der Waals surface area contributed by atoms with Gasteiger partial charge in [-0.1, -0.05) is 6.07 Å². The van der Waals surface area contributed by atoms with Gasteiger partial charge in [0.1, 0.15) is 0 Å². The molecular formula is C10H9ClN4O4S. The molecular weight excluding hydrogens is 308 g/mol.